The zero-order valence-electron chi connectivity index (χ0n) is 17.3. The van der Waals surface area contributed by atoms with Gasteiger partial charge in [-0.05, 0) is 55.8 Å². The minimum absolute atomic E-state index is 0.256. The van der Waals surface area contributed by atoms with Crippen molar-refractivity contribution < 1.29 is 14.3 Å². The van der Waals surface area contributed by atoms with E-state index in [0.717, 1.165) is 4.47 Å². The Kier molecular flexibility index (Phi) is 7.46. The first-order chi connectivity index (χ1) is 14.8. The Balaban J connectivity index is 1.89. The van der Waals surface area contributed by atoms with Gasteiger partial charge in [-0.15, -0.1) is 0 Å². The van der Waals surface area contributed by atoms with E-state index in [-0.39, 0.29) is 12.2 Å². The van der Waals surface area contributed by atoms with Gasteiger partial charge in [0, 0.05) is 10.9 Å². The summed E-state index contributed by atoms with van der Waals surface area (Å²) in [4.78, 5) is 29.2. The number of aromatic nitrogens is 2. The molecule has 0 N–H and O–H groups in total. The van der Waals surface area contributed by atoms with Crippen molar-refractivity contribution in [3.8, 4) is 5.75 Å². The summed E-state index contributed by atoms with van der Waals surface area (Å²) in [6.45, 7) is 5.50. The third-order valence-electron chi connectivity index (χ3n) is 4.39. The smallest absolute Gasteiger partial charge is 0.347 e. The van der Waals surface area contributed by atoms with Gasteiger partial charge in [-0.1, -0.05) is 34.5 Å². The van der Waals surface area contributed by atoms with Gasteiger partial charge in [0.1, 0.15) is 11.6 Å². The zero-order chi connectivity index (χ0) is 22.5. The van der Waals surface area contributed by atoms with Gasteiger partial charge in [0.2, 0.25) is 0 Å². The zero-order valence-corrected chi connectivity index (χ0v) is 19.6. The molecule has 0 aliphatic heterocycles. The number of carbonyl (C=O) groups excluding carboxylic acids is 1. The second-order valence-corrected chi connectivity index (χ2v) is 7.93. The van der Waals surface area contributed by atoms with Crippen molar-refractivity contribution in [2.75, 3.05) is 6.61 Å². The maximum absolute atomic E-state index is 12.9. The van der Waals surface area contributed by atoms with Crippen molar-refractivity contribution >= 4 is 50.6 Å². The third kappa shape index (κ3) is 5.32. The number of hydrogen-bond donors (Lipinski definition) is 0. The lowest BCUT2D eigenvalue weighted by molar-refractivity contribution is -0.150. The number of esters is 1. The van der Waals surface area contributed by atoms with E-state index in [2.05, 4.69) is 26.0 Å². The molecule has 0 aliphatic carbocycles. The van der Waals surface area contributed by atoms with E-state index in [0.29, 0.717) is 39.5 Å². The molecule has 0 bridgehead atoms. The minimum atomic E-state index is -0.786. The molecule has 0 fully saturated rings. The highest BCUT2D eigenvalue weighted by molar-refractivity contribution is 9.10. The average molecular weight is 507 g/mol. The highest BCUT2D eigenvalue weighted by atomic mass is 79.9. The van der Waals surface area contributed by atoms with Crippen LogP contribution < -0.4 is 10.3 Å². The standard InChI is InChI=1S/C22H21BrClN3O4/c1-4-20-26-18-8-7-15(23)11-16(18)21(28)27(20)25-12-14-6-9-19(17(24)10-14)31-13(3)22(29)30-5-2/h6-13H,4-5H2,1-3H3/t13-/m0/s1. The monoisotopic (exact) mass is 505 g/mol. The van der Waals surface area contributed by atoms with E-state index >= 15 is 0 Å². The number of hydrogen-bond acceptors (Lipinski definition) is 6. The van der Waals surface area contributed by atoms with Crippen LogP contribution in [0.4, 0.5) is 0 Å². The Bertz CT molecular complexity index is 1210. The normalized spacial score (nSPS) is 12.3. The fraction of sp³-hybridized carbons (Fsp3) is 0.273. The predicted molar refractivity (Wildman–Crippen MR) is 124 cm³/mol. The summed E-state index contributed by atoms with van der Waals surface area (Å²) in [5.41, 5.74) is 1.02. The second-order valence-electron chi connectivity index (χ2n) is 6.61. The van der Waals surface area contributed by atoms with Crippen LogP contribution in [0.15, 0.2) is 50.8 Å². The first kappa shape index (κ1) is 23.0. The highest BCUT2D eigenvalue weighted by Crippen LogP contribution is 2.26. The minimum Gasteiger partial charge on any atom is -0.477 e. The van der Waals surface area contributed by atoms with E-state index in [9.17, 15) is 9.59 Å². The summed E-state index contributed by atoms with van der Waals surface area (Å²) in [6, 6.07) is 10.4. The molecule has 1 atom stereocenters. The van der Waals surface area contributed by atoms with E-state index in [1.54, 1.807) is 44.2 Å². The molecule has 0 aliphatic rings. The Morgan fingerprint density at radius 1 is 1.29 bits per heavy atom. The first-order valence-corrected chi connectivity index (χ1v) is 10.9. The van der Waals surface area contributed by atoms with E-state index in [4.69, 9.17) is 21.1 Å². The summed E-state index contributed by atoms with van der Waals surface area (Å²) in [5, 5.41) is 5.12. The van der Waals surface area contributed by atoms with Crippen LogP contribution in [0.25, 0.3) is 10.9 Å². The van der Waals surface area contributed by atoms with Gasteiger partial charge in [0.15, 0.2) is 6.10 Å². The fourth-order valence-corrected chi connectivity index (χ4v) is 3.45. The number of ether oxygens (including phenoxy) is 2. The molecule has 0 amide bonds. The molecular formula is C22H21BrClN3O4. The summed E-state index contributed by atoms with van der Waals surface area (Å²) in [6.07, 6.45) is 1.28. The van der Waals surface area contributed by atoms with E-state index < -0.39 is 12.1 Å². The topological polar surface area (TPSA) is 82.8 Å². The van der Waals surface area contributed by atoms with Gasteiger partial charge in [-0.25, -0.2) is 9.78 Å². The lowest BCUT2D eigenvalue weighted by atomic mass is 10.2. The highest BCUT2D eigenvalue weighted by Gasteiger charge is 2.17. The third-order valence-corrected chi connectivity index (χ3v) is 5.18. The van der Waals surface area contributed by atoms with Crippen LogP contribution in [0, 0.1) is 0 Å². The van der Waals surface area contributed by atoms with Gasteiger partial charge in [-0.2, -0.15) is 9.78 Å². The molecule has 2 aromatic carbocycles. The number of carbonyl (C=O) groups is 1. The van der Waals surface area contributed by atoms with Gasteiger partial charge in [0.05, 0.1) is 28.7 Å². The van der Waals surface area contributed by atoms with Crippen molar-refractivity contribution in [2.24, 2.45) is 5.10 Å². The van der Waals surface area contributed by atoms with Gasteiger partial charge in [-0.3, -0.25) is 4.79 Å². The quantitative estimate of drug-likeness (QED) is 0.346. The summed E-state index contributed by atoms with van der Waals surface area (Å²) in [5.74, 6) is 0.430. The maximum atomic E-state index is 12.9. The van der Waals surface area contributed by atoms with Crippen molar-refractivity contribution in [3.05, 3.63) is 67.6 Å². The Morgan fingerprint density at radius 2 is 2.06 bits per heavy atom. The van der Waals surface area contributed by atoms with Crippen molar-refractivity contribution in [1.82, 2.24) is 9.66 Å². The van der Waals surface area contributed by atoms with Crippen molar-refractivity contribution in [3.63, 3.8) is 0 Å². The van der Waals surface area contributed by atoms with Crippen LogP contribution in [-0.4, -0.2) is 34.6 Å². The first-order valence-electron chi connectivity index (χ1n) is 9.72. The predicted octanol–water partition coefficient (Wildman–Crippen LogP) is 4.59. The fourth-order valence-electron chi connectivity index (χ4n) is 2.86. The summed E-state index contributed by atoms with van der Waals surface area (Å²) in [7, 11) is 0. The van der Waals surface area contributed by atoms with E-state index in [1.165, 1.54) is 10.9 Å². The van der Waals surface area contributed by atoms with Crippen LogP contribution >= 0.6 is 27.5 Å². The maximum Gasteiger partial charge on any atom is 0.347 e. The van der Waals surface area contributed by atoms with E-state index in [1.807, 2.05) is 13.0 Å². The SMILES string of the molecule is CCOC(=O)[C@H](C)Oc1ccc(C=Nn2c(CC)nc3ccc(Br)cc3c2=O)cc1Cl. The largest absolute Gasteiger partial charge is 0.477 e. The molecule has 1 heterocycles. The lowest BCUT2D eigenvalue weighted by Crippen LogP contribution is -2.26. The molecule has 0 spiro atoms. The molecule has 3 rings (SSSR count). The molecule has 9 heteroatoms. The Hall–Kier alpha value is -2.71. The van der Waals surface area contributed by atoms with Crippen LogP contribution in [0.5, 0.6) is 5.75 Å². The van der Waals surface area contributed by atoms with Crippen LogP contribution in [0.3, 0.4) is 0 Å². The molecule has 0 saturated heterocycles. The molecule has 1 aromatic heterocycles. The average Bonchev–Trinajstić information content (AvgIpc) is 2.75. The number of nitrogens with zero attached hydrogens (tertiary/aromatic N) is 3. The van der Waals surface area contributed by atoms with Crippen LogP contribution in [-0.2, 0) is 16.0 Å². The number of halogens is 2. The molecule has 0 saturated carbocycles. The molecule has 162 valence electrons. The van der Waals surface area contributed by atoms with Gasteiger partial charge >= 0.3 is 5.97 Å². The number of fused-ring (bicyclic) bond motifs is 1. The Morgan fingerprint density at radius 3 is 2.74 bits per heavy atom. The van der Waals surface area contributed by atoms with Crippen LogP contribution in [0.1, 0.15) is 32.2 Å². The number of benzene rings is 2. The number of rotatable bonds is 7. The van der Waals surface area contributed by atoms with Crippen LogP contribution in [0.2, 0.25) is 5.02 Å². The number of aryl methyl sites for hydroxylation is 1. The van der Waals surface area contributed by atoms with Crippen molar-refractivity contribution in [1.29, 1.82) is 0 Å². The van der Waals surface area contributed by atoms with Gasteiger partial charge < -0.3 is 9.47 Å². The molecule has 7 nitrogen and oxygen atoms in total. The molecule has 3 aromatic rings. The molecule has 0 radical (unpaired) electrons. The lowest BCUT2D eigenvalue weighted by Gasteiger charge is -2.14. The second kappa shape index (κ2) is 10.1. The van der Waals surface area contributed by atoms with Gasteiger partial charge in [0.25, 0.3) is 5.56 Å². The molecule has 31 heavy (non-hydrogen) atoms. The Labute approximate surface area is 192 Å². The summed E-state index contributed by atoms with van der Waals surface area (Å²) < 4.78 is 12.6. The molecule has 0 unspecified atom stereocenters. The molecular weight excluding hydrogens is 486 g/mol. The van der Waals surface area contributed by atoms with Crippen molar-refractivity contribution in [2.45, 2.75) is 33.3 Å². The summed E-state index contributed by atoms with van der Waals surface area (Å²) >= 11 is 9.68.